The first-order chi connectivity index (χ1) is 8.16. The zero-order valence-corrected chi connectivity index (χ0v) is 9.85. The maximum Gasteiger partial charge on any atom is 0.409 e. The number of likely N-dealkylation sites (tertiary alicyclic amines) is 1. The summed E-state index contributed by atoms with van der Waals surface area (Å²) in [6.07, 6.45) is 1.38. The van der Waals surface area contributed by atoms with Gasteiger partial charge in [-0.3, -0.25) is 0 Å². The third-order valence-electron chi connectivity index (χ3n) is 4.08. The molecule has 0 radical (unpaired) electrons. The molecule has 1 heterocycles. The molecule has 3 rings (SSSR count). The predicted molar refractivity (Wildman–Crippen MR) is 63.5 cm³/mol. The summed E-state index contributed by atoms with van der Waals surface area (Å²) in [5.41, 5.74) is 8.57. The topological polar surface area (TPSA) is 55.6 Å². The zero-order valence-electron chi connectivity index (χ0n) is 9.85. The molecule has 0 unspecified atom stereocenters. The van der Waals surface area contributed by atoms with Crippen LogP contribution < -0.4 is 5.73 Å². The average molecular weight is 232 g/mol. The van der Waals surface area contributed by atoms with Crippen molar-refractivity contribution in [3.63, 3.8) is 0 Å². The molecule has 17 heavy (non-hydrogen) atoms. The molecule has 0 aromatic heterocycles. The van der Waals surface area contributed by atoms with Crippen LogP contribution in [0.1, 0.15) is 17.5 Å². The molecule has 1 aliphatic carbocycles. The molecule has 2 atom stereocenters. The number of methoxy groups -OCH3 is 1. The van der Waals surface area contributed by atoms with Crippen LogP contribution >= 0.6 is 0 Å². The van der Waals surface area contributed by atoms with Crippen LogP contribution in [0.5, 0.6) is 0 Å². The van der Waals surface area contributed by atoms with Crippen molar-refractivity contribution >= 4 is 6.09 Å². The van der Waals surface area contributed by atoms with Crippen LogP contribution in [0.15, 0.2) is 24.3 Å². The van der Waals surface area contributed by atoms with Gasteiger partial charge in [0, 0.05) is 6.54 Å². The minimum atomic E-state index is -0.384. The quantitative estimate of drug-likeness (QED) is 0.732. The van der Waals surface area contributed by atoms with E-state index in [1.807, 2.05) is 12.1 Å². The van der Waals surface area contributed by atoms with Crippen molar-refractivity contribution in [3.8, 4) is 0 Å². The molecule has 0 bridgehead atoms. The van der Waals surface area contributed by atoms with E-state index in [-0.39, 0.29) is 17.7 Å². The highest BCUT2D eigenvalue weighted by Gasteiger charge is 2.52. The maximum absolute atomic E-state index is 11.7. The van der Waals surface area contributed by atoms with E-state index in [9.17, 15) is 4.79 Å². The van der Waals surface area contributed by atoms with Gasteiger partial charge in [-0.2, -0.15) is 0 Å². The Morgan fingerprint density at radius 1 is 1.53 bits per heavy atom. The Morgan fingerprint density at radius 3 is 3.06 bits per heavy atom. The van der Waals surface area contributed by atoms with E-state index in [0.29, 0.717) is 6.54 Å². The Labute approximate surface area is 100 Å². The van der Waals surface area contributed by atoms with Crippen LogP contribution in [0.25, 0.3) is 0 Å². The van der Waals surface area contributed by atoms with E-state index in [1.165, 1.54) is 18.2 Å². The van der Waals surface area contributed by atoms with Crippen LogP contribution in [0.2, 0.25) is 0 Å². The summed E-state index contributed by atoms with van der Waals surface area (Å²) in [4.78, 5) is 13.5. The van der Waals surface area contributed by atoms with Crippen LogP contribution in [-0.4, -0.2) is 30.7 Å². The monoisotopic (exact) mass is 232 g/mol. The standard InChI is InChI=1S/C13H16N2O2/c1-17-12(16)15-7-6-13(14)10-5-3-2-4-9(10)8-11(13)15/h2-5,11H,6-8,14H2,1H3/t11-,13-/m0/s1. The maximum atomic E-state index is 11.7. The molecule has 1 fully saturated rings. The van der Waals surface area contributed by atoms with Gasteiger partial charge in [0.25, 0.3) is 0 Å². The predicted octanol–water partition coefficient (Wildman–Crippen LogP) is 1.24. The van der Waals surface area contributed by atoms with Gasteiger partial charge < -0.3 is 15.4 Å². The fourth-order valence-corrected chi connectivity index (χ4v) is 3.21. The summed E-state index contributed by atoms with van der Waals surface area (Å²) in [7, 11) is 1.42. The minimum absolute atomic E-state index is 0.0485. The molecule has 4 nitrogen and oxygen atoms in total. The number of hydrogen-bond donors (Lipinski definition) is 1. The van der Waals surface area contributed by atoms with Crippen LogP contribution in [0.3, 0.4) is 0 Å². The second kappa shape index (κ2) is 3.47. The van der Waals surface area contributed by atoms with Gasteiger partial charge in [-0.25, -0.2) is 4.79 Å². The first-order valence-electron chi connectivity index (χ1n) is 5.88. The molecule has 1 aromatic carbocycles. The first kappa shape index (κ1) is 10.6. The van der Waals surface area contributed by atoms with Gasteiger partial charge in [0.15, 0.2) is 0 Å². The number of nitrogens with two attached hydrogens (primary N) is 1. The molecule has 1 amide bonds. The highest BCUT2D eigenvalue weighted by molar-refractivity contribution is 5.69. The molecular formula is C13H16N2O2. The molecule has 2 N–H and O–H groups in total. The summed E-state index contributed by atoms with van der Waals surface area (Å²) in [5, 5.41) is 0. The number of rotatable bonds is 0. The van der Waals surface area contributed by atoms with Crippen molar-refractivity contribution in [2.24, 2.45) is 5.73 Å². The molecule has 1 aromatic rings. The number of ether oxygens (including phenoxy) is 1. The Bertz CT molecular complexity index is 474. The highest BCUT2D eigenvalue weighted by atomic mass is 16.5. The van der Waals surface area contributed by atoms with Gasteiger partial charge in [0.05, 0.1) is 18.7 Å². The largest absolute Gasteiger partial charge is 0.453 e. The Balaban J connectivity index is 2.00. The molecule has 90 valence electrons. The van der Waals surface area contributed by atoms with E-state index >= 15 is 0 Å². The second-order valence-electron chi connectivity index (χ2n) is 4.83. The molecule has 0 saturated carbocycles. The Morgan fingerprint density at radius 2 is 2.29 bits per heavy atom. The summed E-state index contributed by atoms with van der Waals surface area (Å²) < 4.78 is 4.82. The fourth-order valence-electron chi connectivity index (χ4n) is 3.21. The highest BCUT2D eigenvalue weighted by Crippen LogP contribution is 2.44. The van der Waals surface area contributed by atoms with E-state index in [2.05, 4.69) is 12.1 Å². The van der Waals surface area contributed by atoms with Crippen molar-refractivity contribution in [1.82, 2.24) is 4.90 Å². The van der Waals surface area contributed by atoms with Gasteiger partial charge in [0.1, 0.15) is 0 Å². The number of benzene rings is 1. The van der Waals surface area contributed by atoms with Gasteiger partial charge in [-0.05, 0) is 24.0 Å². The smallest absolute Gasteiger partial charge is 0.409 e. The van der Waals surface area contributed by atoms with E-state index < -0.39 is 0 Å². The number of hydrogen-bond acceptors (Lipinski definition) is 3. The fraction of sp³-hybridized carbons (Fsp3) is 0.462. The third-order valence-corrected chi connectivity index (χ3v) is 4.08. The molecular weight excluding hydrogens is 216 g/mol. The summed E-state index contributed by atoms with van der Waals surface area (Å²) >= 11 is 0. The molecule has 1 aliphatic heterocycles. The molecule has 0 spiro atoms. The minimum Gasteiger partial charge on any atom is -0.453 e. The summed E-state index contributed by atoms with van der Waals surface area (Å²) in [5.74, 6) is 0. The van der Waals surface area contributed by atoms with Crippen molar-refractivity contribution in [2.75, 3.05) is 13.7 Å². The lowest BCUT2D eigenvalue weighted by Crippen LogP contribution is -2.47. The van der Waals surface area contributed by atoms with Crippen molar-refractivity contribution in [3.05, 3.63) is 35.4 Å². The van der Waals surface area contributed by atoms with Gasteiger partial charge in [-0.1, -0.05) is 24.3 Å². The average Bonchev–Trinajstić information content (AvgIpc) is 2.81. The van der Waals surface area contributed by atoms with Crippen LogP contribution in [0, 0.1) is 0 Å². The van der Waals surface area contributed by atoms with Crippen molar-refractivity contribution < 1.29 is 9.53 Å². The second-order valence-corrected chi connectivity index (χ2v) is 4.83. The van der Waals surface area contributed by atoms with Crippen molar-refractivity contribution in [2.45, 2.75) is 24.4 Å². The number of carbonyl (C=O) groups is 1. The van der Waals surface area contributed by atoms with Crippen LogP contribution in [0.4, 0.5) is 4.79 Å². The Kier molecular flexibility index (Phi) is 2.16. The number of carbonyl (C=O) groups excluding carboxylic acids is 1. The van der Waals surface area contributed by atoms with Crippen LogP contribution in [-0.2, 0) is 16.7 Å². The number of amides is 1. The lowest BCUT2D eigenvalue weighted by atomic mass is 9.89. The lowest BCUT2D eigenvalue weighted by Gasteiger charge is -2.28. The normalized spacial score (nSPS) is 30.0. The number of nitrogens with zero attached hydrogens (tertiary/aromatic N) is 1. The van der Waals surface area contributed by atoms with E-state index in [0.717, 1.165) is 12.8 Å². The van der Waals surface area contributed by atoms with E-state index in [4.69, 9.17) is 10.5 Å². The molecule has 4 heteroatoms. The SMILES string of the molecule is COC(=O)N1CC[C@]2(N)c3ccccc3C[C@H]12. The van der Waals surface area contributed by atoms with Gasteiger partial charge in [0.2, 0.25) is 0 Å². The Hall–Kier alpha value is -1.55. The lowest BCUT2D eigenvalue weighted by molar-refractivity contribution is 0.113. The third kappa shape index (κ3) is 1.30. The first-order valence-corrected chi connectivity index (χ1v) is 5.88. The summed E-state index contributed by atoms with van der Waals surface area (Å²) in [6.45, 7) is 0.683. The molecule has 1 saturated heterocycles. The number of fused-ring (bicyclic) bond motifs is 3. The van der Waals surface area contributed by atoms with Gasteiger partial charge in [-0.15, -0.1) is 0 Å². The molecule has 2 aliphatic rings. The van der Waals surface area contributed by atoms with E-state index in [1.54, 1.807) is 4.90 Å². The van der Waals surface area contributed by atoms with Gasteiger partial charge >= 0.3 is 6.09 Å². The zero-order chi connectivity index (χ0) is 12.0. The summed E-state index contributed by atoms with van der Waals surface area (Å²) in [6, 6.07) is 8.25. The van der Waals surface area contributed by atoms with Crippen molar-refractivity contribution in [1.29, 1.82) is 0 Å².